The molecule has 1 saturated heterocycles. The summed E-state index contributed by atoms with van der Waals surface area (Å²) >= 11 is 0. The van der Waals surface area contributed by atoms with E-state index in [-0.39, 0.29) is 42.8 Å². The number of halogens is 1. The fraction of sp³-hybridized carbons (Fsp3) is 0.600. The lowest BCUT2D eigenvalue weighted by Gasteiger charge is -2.28. The summed E-state index contributed by atoms with van der Waals surface area (Å²) in [5.74, 6) is 0.507. The van der Waals surface area contributed by atoms with Gasteiger partial charge in [-0.3, -0.25) is 9.59 Å². The fourth-order valence-corrected chi connectivity index (χ4v) is 3.56. The second-order valence-electron chi connectivity index (χ2n) is 7.27. The van der Waals surface area contributed by atoms with Crippen molar-refractivity contribution < 1.29 is 19.4 Å². The van der Waals surface area contributed by atoms with Gasteiger partial charge in [0.1, 0.15) is 11.9 Å². The van der Waals surface area contributed by atoms with Gasteiger partial charge in [-0.2, -0.15) is 0 Å². The Bertz CT molecular complexity index is 635. The van der Waals surface area contributed by atoms with E-state index in [1.54, 1.807) is 24.3 Å². The van der Waals surface area contributed by atoms with Crippen molar-refractivity contribution in [2.45, 2.75) is 63.2 Å². The lowest BCUT2D eigenvalue weighted by molar-refractivity contribution is -0.122. The Labute approximate surface area is 172 Å². The van der Waals surface area contributed by atoms with E-state index in [4.69, 9.17) is 4.74 Å². The molecule has 1 saturated carbocycles. The van der Waals surface area contributed by atoms with Crippen molar-refractivity contribution in [2.75, 3.05) is 18.4 Å². The molecule has 1 heterocycles. The normalized spacial score (nSPS) is 24.1. The number of hydrogen-bond acceptors (Lipinski definition) is 5. The zero-order valence-electron chi connectivity index (χ0n) is 16.0. The molecule has 156 valence electrons. The van der Waals surface area contributed by atoms with Gasteiger partial charge in [0.05, 0.1) is 12.1 Å². The van der Waals surface area contributed by atoms with Crippen LogP contribution < -0.4 is 20.7 Å². The van der Waals surface area contributed by atoms with Crippen molar-refractivity contribution in [3.8, 4) is 5.75 Å². The molecule has 0 bridgehead atoms. The number of rotatable bonds is 7. The lowest BCUT2D eigenvalue weighted by Crippen LogP contribution is -2.41. The number of anilines is 1. The van der Waals surface area contributed by atoms with Crippen LogP contribution in [0.15, 0.2) is 24.3 Å². The van der Waals surface area contributed by atoms with Crippen LogP contribution >= 0.6 is 12.4 Å². The van der Waals surface area contributed by atoms with Crippen molar-refractivity contribution in [3.63, 3.8) is 0 Å². The first-order valence-electron chi connectivity index (χ1n) is 9.87. The molecular formula is C20H30ClN3O4. The predicted molar refractivity (Wildman–Crippen MR) is 110 cm³/mol. The topological polar surface area (TPSA) is 99.7 Å². The first kappa shape index (κ1) is 22.5. The van der Waals surface area contributed by atoms with Gasteiger partial charge in [0, 0.05) is 18.7 Å². The van der Waals surface area contributed by atoms with E-state index in [0.717, 1.165) is 45.1 Å². The molecule has 1 aliphatic carbocycles. The van der Waals surface area contributed by atoms with Gasteiger partial charge < -0.3 is 25.8 Å². The number of amides is 2. The molecule has 1 aliphatic heterocycles. The average molecular weight is 412 g/mol. The number of carbonyl (C=O) groups is 2. The summed E-state index contributed by atoms with van der Waals surface area (Å²) in [7, 11) is 0. The van der Waals surface area contributed by atoms with E-state index in [1.165, 1.54) is 0 Å². The number of aliphatic hydroxyl groups is 1. The van der Waals surface area contributed by atoms with Crippen LogP contribution in [0.5, 0.6) is 5.75 Å². The van der Waals surface area contributed by atoms with Crippen LogP contribution in [0, 0.1) is 0 Å². The number of aliphatic hydroxyl groups excluding tert-OH is 1. The average Bonchev–Trinajstić information content (AvgIpc) is 3.20. The number of hydrogen-bond donors (Lipinski definition) is 4. The van der Waals surface area contributed by atoms with Gasteiger partial charge in [-0.1, -0.05) is 6.42 Å². The van der Waals surface area contributed by atoms with Crippen molar-refractivity contribution >= 4 is 29.9 Å². The van der Waals surface area contributed by atoms with Crippen LogP contribution in [0.3, 0.4) is 0 Å². The van der Waals surface area contributed by atoms with E-state index < -0.39 is 6.10 Å². The molecule has 1 aromatic rings. The Morgan fingerprint density at radius 1 is 1.11 bits per heavy atom. The largest absolute Gasteiger partial charge is 0.488 e. The van der Waals surface area contributed by atoms with E-state index in [1.807, 2.05) is 0 Å². The zero-order chi connectivity index (χ0) is 19.1. The lowest BCUT2D eigenvalue weighted by atomic mass is 9.95. The Hall–Kier alpha value is -1.83. The monoisotopic (exact) mass is 411 g/mol. The summed E-state index contributed by atoms with van der Waals surface area (Å²) in [6.45, 7) is 1.20. The summed E-state index contributed by atoms with van der Waals surface area (Å²) in [5.41, 5.74) is 0.681. The third kappa shape index (κ3) is 6.65. The summed E-state index contributed by atoms with van der Waals surface area (Å²) in [4.78, 5) is 23.9. The Morgan fingerprint density at radius 2 is 1.86 bits per heavy atom. The third-order valence-corrected chi connectivity index (χ3v) is 5.12. The van der Waals surface area contributed by atoms with Crippen LogP contribution in [0.1, 0.15) is 44.9 Å². The third-order valence-electron chi connectivity index (χ3n) is 5.12. The number of ether oxygens (including phenoxy) is 1. The van der Waals surface area contributed by atoms with Gasteiger partial charge in [-0.15, -0.1) is 12.4 Å². The van der Waals surface area contributed by atoms with Crippen molar-refractivity contribution in [1.82, 2.24) is 10.6 Å². The van der Waals surface area contributed by atoms with Crippen LogP contribution in [0.25, 0.3) is 0 Å². The molecule has 3 unspecified atom stereocenters. The SMILES string of the molecule is Cl.O=C(CCNC(=O)C1CCCN1)Nc1ccc(OC2CCCCC2O)cc1. The first-order valence-corrected chi connectivity index (χ1v) is 9.87. The molecule has 3 atom stereocenters. The van der Waals surface area contributed by atoms with Crippen LogP contribution in [-0.2, 0) is 9.59 Å². The molecule has 8 heteroatoms. The molecular weight excluding hydrogens is 382 g/mol. The summed E-state index contributed by atoms with van der Waals surface area (Å²) in [6.07, 6.45) is 5.29. The van der Waals surface area contributed by atoms with E-state index in [0.29, 0.717) is 18.0 Å². The zero-order valence-corrected chi connectivity index (χ0v) is 16.8. The molecule has 28 heavy (non-hydrogen) atoms. The second-order valence-corrected chi connectivity index (χ2v) is 7.27. The molecule has 1 aromatic carbocycles. The van der Waals surface area contributed by atoms with Gasteiger partial charge in [0.25, 0.3) is 0 Å². The standard InChI is InChI=1S/C20H29N3O4.ClH/c24-17-5-1-2-6-18(17)27-15-9-7-14(8-10-15)23-19(25)11-13-22-20(26)16-4-3-12-21-16;/h7-10,16-18,21,24H,1-6,11-13H2,(H,22,26)(H,23,25);1H. The molecule has 0 aromatic heterocycles. The van der Waals surface area contributed by atoms with Crippen molar-refractivity contribution in [3.05, 3.63) is 24.3 Å². The van der Waals surface area contributed by atoms with Gasteiger partial charge >= 0.3 is 0 Å². The molecule has 2 aliphatic rings. The first-order chi connectivity index (χ1) is 13.1. The number of benzene rings is 1. The van der Waals surface area contributed by atoms with Crippen molar-refractivity contribution in [2.24, 2.45) is 0 Å². The highest BCUT2D eigenvalue weighted by Crippen LogP contribution is 2.24. The number of nitrogens with one attached hydrogen (secondary N) is 3. The Kier molecular flexibility index (Phi) is 9.02. The summed E-state index contributed by atoms with van der Waals surface area (Å²) < 4.78 is 5.85. The minimum Gasteiger partial charge on any atom is -0.488 e. The molecule has 3 rings (SSSR count). The maximum Gasteiger partial charge on any atom is 0.237 e. The van der Waals surface area contributed by atoms with E-state index in [2.05, 4.69) is 16.0 Å². The van der Waals surface area contributed by atoms with Crippen LogP contribution in [-0.4, -0.2) is 48.3 Å². The van der Waals surface area contributed by atoms with E-state index in [9.17, 15) is 14.7 Å². The van der Waals surface area contributed by atoms with Crippen LogP contribution in [0.4, 0.5) is 5.69 Å². The Balaban J connectivity index is 0.00000280. The van der Waals surface area contributed by atoms with Crippen molar-refractivity contribution in [1.29, 1.82) is 0 Å². The molecule has 2 fully saturated rings. The van der Waals surface area contributed by atoms with Gasteiger partial charge in [0.2, 0.25) is 11.8 Å². The second kappa shape index (κ2) is 11.2. The molecule has 0 spiro atoms. The molecule has 4 N–H and O–H groups in total. The van der Waals surface area contributed by atoms with Crippen LogP contribution in [0.2, 0.25) is 0 Å². The highest BCUT2D eigenvalue weighted by Gasteiger charge is 2.24. The molecule has 2 amide bonds. The maximum absolute atomic E-state index is 12.0. The van der Waals surface area contributed by atoms with E-state index >= 15 is 0 Å². The maximum atomic E-state index is 12.0. The Morgan fingerprint density at radius 3 is 2.54 bits per heavy atom. The van der Waals surface area contributed by atoms with Gasteiger partial charge in [-0.05, 0) is 62.9 Å². The summed E-state index contributed by atoms with van der Waals surface area (Å²) in [6, 6.07) is 7.03. The summed E-state index contributed by atoms with van der Waals surface area (Å²) in [5, 5.41) is 18.7. The highest BCUT2D eigenvalue weighted by atomic mass is 35.5. The molecule has 7 nitrogen and oxygen atoms in total. The fourth-order valence-electron chi connectivity index (χ4n) is 3.56. The molecule has 0 radical (unpaired) electrons. The van der Waals surface area contributed by atoms with Gasteiger partial charge in [-0.25, -0.2) is 0 Å². The quantitative estimate of drug-likeness (QED) is 0.550. The minimum absolute atomic E-state index is 0. The smallest absolute Gasteiger partial charge is 0.237 e. The predicted octanol–water partition coefficient (Wildman–Crippen LogP) is 1.99. The highest BCUT2D eigenvalue weighted by molar-refractivity contribution is 5.91. The number of carbonyl (C=O) groups excluding carboxylic acids is 2. The van der Waals surface area contributed by atoms with Gasteiger partial charge in [0.15, 0.2) is 0 Å². The minimum atomic E-state index is -0.409.